The fraction of sp³-hybridized carbons (Fsp3) is 0.0714. The minimum absolute atomic E-state index is 0.236. The van der Waals surface area contributed by atoms with Crippen molar-refractivity contribution in [1.29, 1.82) is 0 Å². The van der Waals surface area contributed by atoms with Crippen LogP contribution in [0.25, 0.3) is 6.08 Å². The Bertz CT molecular complexity index is 859. The summed E-state index contributed by atoms with van der Waals surface area (Å²) in [4.78, 5) is 10.6. The van der Waals surface area contributed by atoms with Gasteiger partial charge in [-0.3, -0.25) is 9.35 Å². The lowest BCUT2D eigenvalue weighted by Crippen LogP contribution is -2.18. The Morgan fingerprint density at radius 3 is 2.32 bits per heavy atom. The average Bonchev–Trinajstić information content (AvgIpc) is 2.97. The number of hydrogen-bond acceptors (Lipinski definition) is 4. The topological polar surface area (TPSA) is 97.5 Å². The predicted molar refractivity (Wildman–Crippen MR) is 84.8 cm³/mol. The second-order valence-corrected chi connectivity index (χ2v) is 6.51. The van der Waals surface area contributed by atoms with Crippen molar-refractivity contribution in [1.82, 2.24) is 0 Å². The summed E-state index contributed by atoms with van der Waals surface area (Å²) in [6, 6.07) is 3.45. The second kappa shape index (κ2) is 8.23. The van der Waals surface area contributed by atoms with Gasteiger partial charge < -0.3 is 5.73 Å². The van der Waals surface area contributed by atoms with Crippen molar-refractivity contribution in [3.8, 4) is 0 Å². The van der Waals surface area contributed by atoms with E-state index in [-0.39, 0.29) is 6.07 Å². The summed E-state index contributed by atoms with van der Waals surface area (Å²) in [5.41, 5.74) is 3.38. The Balaban J connectivity index is 0.000000257. The van der Waals surface area contributed by atoms with Gasteiger partial charge in [-0.2, -0.15) is 32.9 Å². The predicted octanol–water partition coefficient (Wildman–Crippen LogP) is 3.55. The number of rotatable bonds is 3. The fourth-order valence-electron chi connectivity index (χ4n) is 1.50. The van der Waals surface area contributed by atoms with Crippen molar-refractivity contribution >= 4 is 33.4 Å². The first-order valence-corrected chi connectivity index (χ1v) is 8.69. The van der Waals surface area contributed by atoms with Gasteiger partial charge in [-0.05, 0) is 46.7 Å². The van der Waals surface area contributed by atoms with E-state index < -0.39 is 39.1 Å². The number of carbonyl (C=O) groups excluding carboxylic acids is 1. The number of halogens is 4. The lowest BCUT2D eigenvalue weighted by Gasteiger charge is -2.09. The van der Waals surface area contributed by atoms with E-state index in [1.807, 2.05) is 5.38 Å². The highest BCUT2D eigenvalue weighted by Gasteiger charge is 2.35. The molecule has 1 aromatic heterocycles. The second-order valence-electron chi connectivity index (χ2n) is 4.43. The fourth-order valence-corrected chi connectivity index (χ4v) is 2.46. The molecule has 5 nitrogen and oxygen atoms in total. The Labute approximate surface area is 144 Å². The quantitative estimate of drug-likeness (QED) is 0.611. The number of thiophene rings is 1. The smallest absolute Gasteiger partial charge is 0.366 e. The normalized spacial score (nSPS) is 11.9. The molecule has 0 aliphatic heterocycles. The molecule has 136 valence electrons. The summed E-state index contributed by atoms with van der Waals surface area (Å²) < 4.78 is 77.8. The Kier molecular flexibility index (Phi) is 6.85. The first kappa shape index (κ1) is 20.8. The van der Waals surface area contributed by atoms with Crippen LogP contribution in [0.3, 0.4) is 0 Å². The third-order valence-corrected chi connectivity index (χ3v) is 3.71. The van der Waals surface area contributed by atoms with Crippen LogP contribution in [0.5, 0.6) is 0 Å². The monoisotopic (exact) mass is 397 g/mol. The molecule has 0 saturated heterocycles. The van der Waals surface area contributed by atoms with Crippen molar-refractivity contribution in [3.63, 3.8) is 0 Å². The largest absolute Gasteiger partial charge is 0.417 e. The van der Waals surface area contributed by atoms with Crippen LogP contribution in [0.15, 0.2) is 40.4 Å². The summed E-state index contributed by atoms with van der Waals surface area (Å²) in [7, 11) is -3.98. The molecule has 25 heavy (non-hydrogen) atoms. The molecule has 1 heterocycles. The highest BCUT2D eigenvalue weighted by atomic mass is 32.2. The van der Waals surface area contributed by atoms with E-state index in [0.717, 1.165) is 17.0 Å². The highest BCUT2D eigenvalue weighted by Crippen LogP contribution is 2.32. The van der Waals surface area contributed by atoms with Gasteiger partial charge in [0.05, 0.1) is 16.5 Å². The van der Waals surface area contributed by atoms with E-state index in [9.17, 15) is 30.8 Å². The molecule has 0 saturated carbocycles. The van der Waals surface area contributed by atoms with E-state index in [1.54, 1.807) is 11.4 Å². The van der Waals surface area contributed by atoms with E-state index in [0.29, 0.717) is 6.07 Å². The highest BCUT2D eigenvalue weighted by molar-refractivity contribution is 7.88. The standard InChI is InChI=1S/C8H5F4NO.C6H6O3S2/c9-4-1-2-5(7(13)14)6(3-4)8(10,11)12;7-11(8,9)4-2-6-1-3-10-5-6/h1-3H,(H2,13,14);1-5H,(H,7,8,9)/b;4-2+. The number of alkyl halides is 3. The molecule has 0 aliphatic carbocycles. The van der Waals surface area contributed by atoms with Crippen molar-refractivity contribution in [2.75, 3.05) is 0 Å². The summed E-state index contributed by atoms with van der Waals surface area (Å²) in [5, 5.41) is 4.36. The number of hydrogen-bond donors (Lipinski definition) is 2. The molecule has 11 heteroatoms. The maximum Gasteiger partial charge on any atom is 0.417 e. The molecule has 2 rings (SSSR count). The van der Waals surface area contributed by atoms with Crippen molar-refractivity contribution in [2.45, 2.75) is 6.18 Å². The van der Waals surface area contributed by atoms with Crippen LogP contribution in [-0.4, -0.2) is 18.9 Å². The lowest BCUT2D eigenvalue weighted by molar-refractivity contribution is -0.138. The molecular formula is C14H11F4NO4S2. The number of primary amides is 1. The van der Waals surface area contributed by atoms with Gasteiger partial charge >= 0.3 is 6.18 Å². The van der Waals surface area contributed by atoms with Crippen LogP contribution in [0.4, 0.5) is 17.6 Å². The SMILES string of the molecule is NC(=O)c1ccc(F)cc1C(F)(F)F.O=S(=O)(O)/C=C/c1ccsc1. The number of carbonyl (C=O) groups is 1. The third-order valence-electron chi connectivity index (χ3n) is 2.53. The Morgan fingerprint density at radius 2 is 1.88 bits per heavy atom. The zero-order chi connectivity index (χ0) is 19.3. The van der Waals surface area contributed by atoms with E-state index in [2.05, 4.69) is 0 Å². The Morgan fingerprint density at radius 1 is 1.24 bits per heavy atom. The van der Waals surface area contributed by atoms with E-state index in [4.69, 9.17) is 10.3 Å². The van der Waals surface area contributed by atoms with E-state index >= 15 is 0 Å². The van der Waals surface area contributed by atoms with Crippen molar-refractivity contribution in [3.05, 3.63) is 62.9 Å². The lowest BCUT2D eigenvalue weighted by atomic mass is 10.1. The first-order valence-electron chi connectivity index (χ1n) is 6.24. The summed E-state index contributed by atoms with van der Waals surface area (Å²) >= 11 is 1.46. The number of benzene rings is 1. The zero-order valence-corrected chi connectivity index (χ0v) is 13.8. The van der Waals surface area contributed by atoms with Gasteiger partial charge in [0.15, 0.2) is 0 Å². The number of nitrogens with two attached hydrogens (primary N) is 1. The van der Waals surface area contributed by atoms with E-state index in [1.165, 1.54) is 17.4 Å². The molecule has 0 fully saturated rings. The first-order chi connectivity index (χ1) is 11.4. The zero-order valence-electron chi connectivity index (χ0n) is 12.2. The van der Waals surface area contributed by atoms with Crippen molar-refractivity contribution < 1.29 is 35.3 Å². The van der Waals surface area contributed by atoms with Gasteiger partial charge in [-0.25, -0.2) is 4.39 Å². The number of amides is 1. The van der Waals surface area contributed by atoms with Crippen LogP contribution in [0.2, 0.25) is 0 Å². The van der Waals surface area contributed by atoms with Gasteiger partial charge in [-0.15, -0.1) is 0 Å². The third kappa shape index (κ3) is 7.45. The van der Waals surface area contributed by atoms with Crippen molar-refractivity contribution in [2.24, 2.45) is 5.73 Å². The van der Waals surface area contributed by atoms with Crippen LogP contribution in [-0.2, 0) is 16.3 Å². The maximum atomic E-state index is 12.5. The van der Waals surface area contributed by atoms with Gasteiger partial charge in [0, 0.05) is 0 Å². The minimum atomic E-state index is -4.79. The van der Waals surface area contributed by atoms with Crippen LogP contribution < -0.4 is 5.73 Å². The van der Waals surface area contributed by atoms with Gasteiger partial charge in [0.25, 0.3) is 10.1 Å². The molecular weight excluding hydrogens is 386 g/mol. The molecule has 0 aliphatic rings. The maximum absolute atomic E-state index is 12.5. The molecule has 0 bridgehead atoms. The average molecular weight is 397 g/mol. The molecule has 0 atom stereocenters. The molecule has 3 N–H and O–H groups in total. The molecule has 0 spiro atoms. The summed E-state index contributed by atoms with van der Waals surface area (Å²) in [5.74, 6) is -2.31. The van der Waals surface area contributed by atoms with Gasteiger partial charge in [0.1, 0.15) is 5.82 Å². The van der Waals surface area contributed by atoms with Gasteiger partial charge in [0.2, 0.25) is 5.91 Å². The molecule has 1 amide bonds. The summed E-state index contributed by atoms with van der Waals surface area (Å²) in [6.07, 6.45) is -3.45. The Hall–Kier alpha value is -2.24. The summed E-state index contributed by atoms with van der Waals surface area (Å²) in [6.45, 7) is 0. The van der Waals surface area contributed by atoms with Gasteiger partial charge in [-0.1, -0.05) is 0 Å². The van der Waals surface area contributed by atoms with Crippen LogP contribution >= 0.6 is 11.3 Å². The molecule has 0 unspecified atom stereocenters. The molecule has 2 aromatic rings. The minimum Gasteiger partial charge on any atom is -0.366 e. The molecule has 1 aromatic carbocycles. The van der Waals surface area contributed by atoms with Crippen LogP contribution in [0.1, 0.15) is 21.5 Å². The van der Waals surface area contributed by atoms with Crippen LogP contribution in [0, 0.1) is 5.82 Å². The molecule has 0 radical (unpaired) electrons.